The van der Waals surface area contributed by atoms with Crippen molar-refractivity contribution < 1.29 is 0 Å². The number of anilines is 3. The molecule has 44 heavy (non-hydrogen) atoms. The molecule has 0 aliphatic carbocycles. The van der Waals surface area contributed by atoms with Gasteiger partial charge in [0.1, 0.15) is 0 Å². The first-order valence-electron chi connectivity index (χ1n) is 13.5. The van der Waals surface area contributed by atoms with E-state index >= 15 is 0 Å². The highest BCUT2D eigenvalue weighted by Gasteiger charge is 2.06. The molecule has 0 fully saturated rings. The van der Waals surface area contributed by atoms with E-state index in [1.165, 1.54) is 5.57 Å². The number of fused-ring (bicyclic) bond motifs is 3. The van der Waals surface area contributed by atoms with Gasteiger partial charge in [0, 0.05) is 32.3 Å². The Kier molecular flexibility index (Phi) is 10.9. The Morgan fingerprint density at radius 1 is 0.659 bits per heavy atom. The summed E-state index contributed by atoms with van der Waals surface area (Å²) in [6.45, 7) is 5.99. The molecular formula is C30H34N14. The normalized spacial score (nSPS) is 11.2. The van der Waals surface area contributed by atoms with Gasteiger partial charge in [-0.15, -0.1) is 20.4 Å². The monoisotopic (exact) mass is 590 g/mol. The van der Waals surface area contributed by atoms with E-state index in [2.05, 4.69) is 57.1 Å². The molecule has 3 heterocycles. The predicted octanol–water partition coefficient (Wildman–Crippen LogP) is 3.92. The average Bonchev–Trinajstić information content (AvgIpc) is 3.06. The number of H-pyrrole nitrogens is 1. The minimum Gasteiger partial charge on any atom is -0.306 e. The van der Waals surface area contributed by atoms with Gasteiger partial charge in [-0.2, -0.15) is 15.3 Å². The van der Waals surface area contributed by atoms with Gasteiger partial charge in [0.25, 0.3) is 0 Å². The maximum atomic E-state index is 5.30. The van der Waals surface area contributed by atoms with Gasteiger partial charge >= 0.3 is 0 Å². The molecule has 3 aromatic carbocycles. The van der Waals surface area contributed by atoms with Crippen LogP contribution in [-0.4, -0.2) is 36.3 Å². The lowest BCUT2D eigenvalue weighted by atomic mass is 10.2. The second-order valence-electron chi connectivity index (χ2n) is 9.53. The van der Waals surface area contributed by atoms with Gasteiger partial charge in [0.15, 0.2) is 22.9 Å². The lowest BCUT2D eigenvalue weighted by molar-refractivity contribution is 0.946. The molecule has 0 saturated heterocycles. The number of benzene rings is 3. The number of hydrogen-bond donors (Lipinski definition) is 7. The van der Waals surface area contributed by atoms with Crippen molar-refractivity contribution in [2.75, 3.05) is 16.3 Å². The van der Waals surface area contributed by atoms with Crippen LogP contribution in [0.2, 0.25) is 0 Å². The molecule has 0 aliphatic heterocycles. The molecule has 14 heteroatoms. The topological polar surface area (TPSA) is 219 Å². The van der Waals surface area contributed by atoms with Crippen molar-refractivity contribution in [2.45, 2.75) is 20.8 Å². The average molecular weight is 591 g/mol. The summed E-state index contributed by atoms with van der Waals surface area (Å²) in [4.78, 5) is 0. The third-order valence-corrected chi connectivity index (χ3v) is 6.06. The molecule has 6 rings (SSSR count). The maximum absolute atomic E-state index is 5.30. The molecular weight excluding hydrogens is 556 g/mol. The number of aromatic nitrogens is 6. The highest BCUT2D eigenvalue weighted by atomic mass is 15.3. The van der Waals surface area contributed by atoms with Crippen molar-refractivity contribution in [2.24, 2.45) is 27.7 Å². The summed E-state index contributed by atoms with van der Waals surface area (Å²) < 4.78 is 0. The fraction of sp³-hybridized carbons (Fsp3) is 0.100. The number of nitrogens with zero attached hydrogens (tertiary/aromatic N) is 7. The molecule has 224 valence electrons. The number of nitrogens with one attached hydrogen (secondary N) is 4. The number of nitrogens with two attached hydrogens (primary N) is 3. The van der Waals surface area contributed by atoms with E-state index in [0.29, 0.717) is 22.9 Å². The summed E-state index contributed by atoms with van der Waals surface area (Å²) >= 11 is 0. The third kappa shape index (κ3) is 7.92. The van der Waals surface area contributed by atoms with Crippen LogP contribution in [0.4, 0.5) is 17.5 Å². The predicted molar refractivity (Wildman–Crippen MR) is 177 cm³/mol. The van der Waals surface area contributed by atoms with Crippen LogP contribution >= 0.6 is 0 Å². The van der Waals surface area contributed by atoms with E-state index < -0.39 is 0 Å². The maximum Gasteiger partial charge on any atom is 0.176 e. The van der Waals surface area contributed by atoms with Crippen molar-refractivity contribution in [1.82, 2.24) is 30.6 Å². The Hall–Kier alpha value is -5.83. The van der Waals surface area contributed by atoms with Crippen molar-refractivity contribution in [3.8, 4) is 0 Å². The van der Waals surface area contributed by atoms with E-state index in [1.54, 1.807) is 12.4 Å². The summed E-state index contributed by atoms with van der Waals surface area (Å²) in [5, 5.41) is 36.5. The quantitative estimate of drug-likeness (QED) is 0.0866. The molecule has 0 unspecified atom stereocenters. The Morgan fingerprint density at radius 2 is 1.16 bits per heavy atom. The molecule has 10 N–H and O–H groups in total. The highest BCUT2D eigenvalue weighted by molar-refractivity contribution is 5.98. The summed E-state index contributed by atoms with van der Waals surface area (Å²) in [6, 6.07) is 23.3. The zero-order valence-electron chi connectivity index (χ0n) is 24.5. The minimum absolute atomic E-state index is 0.527. The van der Waals surface area contributed by atoms with Crippen LogP contribution in [-0.2, 0) is 0 Å². The van der Waals surface area contributed by atoms with E-state index in [0.717, 1.165) is 38.0 Å². The van der Waals surface area contributed by atoms with Gasteiger partial charge < -0.3 is 16.3 Å². The molecule has 0 bridgehead atoms. The van der Waals surface area contributed by atoms with Crippen LogP contribution in [0.25, 0.3) is 32.3 Å². The zero-order valence-corrected chi connectivity index (χ0v) is 24.5. The van der Waals surface area contributed by atoms with Crippen molar-refractivity contribution >= 4 is 55.5 Å². The summed E-state index contributed by atoms with van der Waals surface area (Å²) in [5.41, 5.74) is 10.2. The lowest BCUT2D eigenvalue weighted by Gasteiger charge is -2.06. The number of hydrogen-bond acceptors (Lipinski definition) is 13. The largest absolute Gasteiger partial charge is 0.306 e. The highest BCUT2D eigenvalue weighted by Crippen LogP contribution is 2.24. The van der Waals surface area contributed by atoms with Crippen LogP contribution < -0.4 is 39.3 Å². The first-order valence-corrected chi connectivity index (χ1v) is 13.5. The van der Waals surface area contributed by atoms with Gasteiger partial charge in [-0.05, 0) is 26.8 Å². The Balaban J connectivity index is 0.000000154. The summed E-state index contributed by atoms with van der Waals surface area (Å²) in [5.74, 6) is 17.5. The lowest BCUT2D eigenvalue weighted by Crippen LogP contribution is -2.13. The van der Waals surface area contributed by atoms with Crippen molar-refractivity contribution in [1.29, 1.82) is 0 Å². The molecule has 14 nitrogen and oxygen atoms in total. The number of rotatable bonds is 5. The van der Waals surface area contributed by atoms with E-state index in [9.17, 15) is 0 Å². The van der Waals surface area contributed by atoms with Gasteiger partial charge in [0.05, 0.1) is 18.1 Å². The van der Waals surface area contributed by atoms with Gasteiger partial charge in [-0.1, -0.05) is 78.4 Å². The molecule has 0 spiro atoms. The first kappa shape index (κ1) is 31.1. The van der Waals surface area contributed by atoms with E-state index in [1.807, 2.05) is 99.6 Å². The smallest absolute Gasteiger partial charge is 0.176 e. The first-order chi connectivity index (χ1) is 21.4. The van der Waals surface area contributed by atoms with E-state index in [-0.39, 0.29) is 0 Å². The van der Waals surface area contributed by atoms with Gasteiger partial charge in [0.2, 0.25) is 0 Å². The number of allylic oxidation sites excluding steroid dienone is 2. The van der Waals surface area contributed by atoms with Gasteiger partial charge in [-0.3, -0.25) is 5.10 Å². The molecule has 0 saturated carbocycles. The Labute approximate surface area is 253 Å². The van der Waals surface area contributed by atoms with Crippen LogP contribution in [0.3, 0.4) is 0 Å². The number of hydrazine groups is 3. The molecule has 0 aliphatic rings. The van der Waals surface area contributed by atoms with Crippen LogP contribution in [0.1, 0.15) is 20.8 Å². The standard InChI is InChI=1S/C14H16N4.C8H10N6.C8H8N4/c1-10(2)8-11(3)16-18-14-13-7-5-4-6-12(13)9-15-17-14;9-11-7-5-3-1-2-4-6(5)8(12-10)14-13-7;9-11-8-7-4-2-1-3-6(7)5-10-12-8/h4-9H,1-3H3,(H,17,18);1-4H,9-10H2,(H,11,13)(H,12,14);1-5H,9H2,(H,11,12). The Morgan fingerprint density at radius 3 is 1.73 bits per heavy atom. The van der Waals surface area contributed by atoms with Crippen molar-refractivity contribution in [3.05, 3.63) is 102 Å². The van der Waals surface area contributed by atoms with E-state index in [4.69, 9.17) is 17.5 Å². The number of aromatic amines is 1. The molecule has 6 aromatic rings. The summed E-state index contributed by atoms with van der Waals surface area (Å²) in [7, 11) is 0. The Bertz CT molecular complexity index is 1920. The second-order valence-corrected chi connectivity index (χ2v) is 9.53. The molecule has 0 radical (unpaired) electrons. The number of nitrogen functional groups attached to an aromatic ring is 3. The van der Waals surface area contributed by atoms with Crippen molar-refractivity contribution in [3.63, 3.8) is 0 Å². The molecule has 3 aromatic heterocycles. The fourth-order valence-corrected chi connectivity index (χ4v) is 4.15. The summed E-state index contributed by atoms with van der Waals surface area (Å²) in [6.07, 6.45) is 5.47. The molecule has 0 amide bonds. The third-order valence-electron chi connectivity index (χ3n) is 6.06. The van der Waals surface area contributed by atoms with Crippen LogP contribution in [0, 0.1) is 0 Å². The second kappa shape index (κ2) is 15.4. The van der Waals surface area contributed by atoms with Crippen LogP contribution in [0.5, 0.6) is 0 Å². The SMILES string of the molecule is CC(C)=CC(C)=NN=c1[nH]ncc2ccccc12.NNc1nnc(NN)c2ccccc12.NNc1nncc2ccccc12. The van der Waals surface area contributed by atoms with Gasteiger partial charge in [-0.25, -0.2) is 17.5 Å². The fourth-order valence-electron chi connectivity index (χ4n) is 4.15. The van der Waals surface area contributed by atoms with Crippen LogP contribution in [0.15, 0.2) is 107 Å². The minimum atomic E-state index is 0.527. The zero-order chi connectivity index (χ0) is 31.3. The molecule has 0 atom stereocenters.